The SMILES string of the molecule is COC(CN)C(=O)Nc1ccc2oc3ccccc3c2c1. The van der Waals surface area contributed by atoms with Gasteiger partial charge in [-0.3, -0.25) is 4.79 Å². The average molecular weight is 284 g/mol. The van der Waals surface area contributed by atoms with Crippen molar-refractivity contribution in [3.8, 4) is 0 Å². The normalized spacial score (nSPS) is 12.7. The third-order valence-electron chi connectivity index (χ3n) is 3.44. The molecule has 21 heavy (non-hydrogen) atoms. The van der Waals surface area contributed by atoms with Gasteiger partial charge in [-0.1, -0.05) is 18.2 Å². The number of para-hydroxylation sites is 1. The highest BCUT2D eigenvalue weighted by Gasteiger charge is 2.16. The highest BCUT2D eigenvalue weighted by molar-refractivity contribution is 6.07. The van der Waals surface area contributed by atoms with Crippen LogP contribution in [0.25, 0.3) is 21.9 Å². The smallest absolute Gasteiger partial charge is 0.254 e. The summed E-state index contributed by atoms with van der Waals surface area (Å²) < 4.78 is 10.8. The lowest BCUT2D eigenvalue weighted by Crippen LogP contribution is -2.35. The fraction of sp³-hybridized carbons (Fsp3) is 0.188. The summed E-state index contributed by atoms with van der Waals surface area (Å²) in [5, 5.41) is 4.79. The second kappa shape index (κ2) is 5.55. The van der Waals surface area contributed by atoms with Crippen LogP contribution in [0.4, 0.5) is 5.69 Å². The molecular weight excluding hydrogens is 268 g/mol. The lowest BCUT2D eigenvalue weighted by atomic mass is 10.1. The maximum atomic E-state index is 12.0. The molecule has 1 unspecified atom stereocenters. The third-order valence-corrected chi connectivity index (χ3v) is 3.44. The second-order valence-corrected chi connectivity index (χ2v) is 4.76. The molecule has 3 aromatic rings. The molecule has 0 radical (unpaired) electrons. The van der Waals surface area contributed by atoms with Gasteiger partial charge in [-0.15, -0.1) is 0 Å². The Morgan fingerprint density at radius 2 is 2.00 bits per heavy atom. The lowest BCUT2D eigenvalue weighted by Gasteiger charge is -2.12. The molecular formula is C16H16N2O3. The molecule has 0 spiro atoms. The van der Waals surface area contributed by atoms with Gasteiger partial charge in [0.15, 0.2) is 0 Å². The van der Waals surface area contributed by atoms with Crippen molar-refractivity contribution in [3.05, 3.63) is 42.5 Å². The number of hydrogen-bond donors (Lipinski definition) is 2. The van der Waals surface area contributed by atoms with Crippen LogP contribution in [0.1, 0.15) is 0 Å². The van der Waals surface area contributed by atoms with Gasteiger partial charge in [-0.05, 0) is 24.3 Å². The Morgan fingerprint density at radius 3 is 2.76 bits per heavy atom. The fourth-order valence-electron chi connectivity index (χ4n) is 2.34. The summed E-state index contributed by atoms with van der Waals surface area (Å²) in [4.78, 5) is 12.0. The van der Waals surface area contributed by atoms with E-state index in [0.29, 0.717) is 5.69 Å². The number of nitrogens with two attached hydrogens (primary N) is 1. The van der Waals surface area contributed by atoms with Crippen LogP contribution < -0.4 is 11.1 Å². The molecule has 0 aliphatic heterocycles. The van der Waals surface area contributed by atoms with E-state index in [-0.39, 0.29) is 12.5 Å². The molecule has 1 heterocycles. The van der Waals surface area contributed by atoms with E-state index in [1.54, 1.807) is 6.07 Å². The third kappa shape index (κ3) is 2.49. The molecule has 5 nitrogen and oxygen atoms in total. The van der Waals surface area contributed by atoms with Crippen molar-refractivity contribution in [1.82, 2.24) is 0 Å². The van der Waals surface area contributed by atoms with Crippen LogP contribution in [0.15, 0.2) is 46.9 Å². The van der Waals surface area contributed by atoms with Crippen molar-refractivity contribution in [2.45, 2.75) is 6.10 Å². The predicted octanol–water partition coefficient (Wildman–Crippen LogP) is 2.50. The molecule has 0 fully saturated rings. The van der Waals surface area contributed by atoms with Gasteiger partial charge in [0, 0.05) is 30.1 Å². The molecule has 108 valence electrons. The van der Waals surface area contributed by atoms with E-state index >= 15 is 0 Å². The largest absolute Gasteiger partial charge is 0.456 e. The maximum Gasteiger partial charge on any atom is 0.254 e. The summed E-state index contributed by atoms with van der Waals surface area (Å²) in [5.41, 5.74) is 7.79. The van der Waals surface area contributed by atoms with Crippen molar-refractivity contribution in [2.75, 3.05) is 19.0 Å². The quantitative estimate of drug-likeness (QED) is 0.771. The standard InChI is InChI=1S/C16H16N2O3/c1-20-15(9-17)16(19)18-10-6-7-14-12(8-10)11-4-2-3-5-13(11)21-14/h2-8,15H,9,17H2,1H3,(H,18,19). The Bertz CT molecular complexity index is 790. The minimum atomic E-state index is -0.651. The summed E-state index contributed by atoms with van der Waals surface area (Å²) in [6, 6.07) is 13.3. The highest BCUT2D eigenvalue weighted by Crippen LogP contribution is 2.30. The Morgan fingerprint density at radius 1 is 1.24 bits per heavy atom. The molecule has 3 rings (SSSR count). The van der Waals surface area contributed by atoms with Crippen molar-refractivity contribution < 1.29 is 13.9 Å². The molecule has 0 aliphatic carbocycles. The van der Waals surface area contributed by atoms with Gasteiger partial charge in [0.2, 0.25) is 0 Å². The van der Waals surface area contributed by atoms with Crippen molar-refractivity contribution in [2.24, 2.45) is 5.73 Å². The highest BCUT2D eigenvalue weighted by atomic mass is 16.5. The zero-order valence-electron chi connectivity index (χ0n) is 11.6. The molecule has 0 saturated carbocycles. The number of benzene rings is 2. The van der Waals surface area contributed by atoms with E-state index in [4.69, 9.17) is 14.9 Å². The summed E-state index contributed by atoms with van der Waals surface area (Å²) >= 11 is 0. The number of methoxy groups -OCH3 is 1. The summed E-state index contributed by atoms with van der Waals surface area (Å²) in [6.45, 7) is 0.138. The number of hydrogen-bond acceptors (Lipinski definition) is 4. The molecule has 3 N–H and O–H groups in total. The van der Waals surface area contributed by atoms with Crippen LogP contribution in [0, 0.1) is 0 Å². The second-order valence-electron chi connectivity index (χ2n) is 4.76. The lowest BCUT2D eigenvalue weighted by molar-refractivity contribution is -0.125. The fourth-order valence-corrected chi connectivity index (χ4v) is 2.34. The zero-order valence-corrected chi connectivity index (χ0v) is 11.6. The first kappa shape index (κ1) is 13.6. The van der Waals surface area contributed by atoms with Crippen molar-refractivity contribution in [1.29, 1.82) is 0 Å². The molecule has 1 aromatic heterocycles. The van der Waals surface area contributed by atoms with E-state index in [9.17, 15) is 4.79 Å². The average Bonchev–Trinajstić information content (AvgIpc) is 2.86. The number of ether oxygens (including phenoxy) is 1. The van der Waals surface area contributed by atoms with E-state index in [1.807, 2.05) is 36.4 Å². The van der Waals surface area contributed by atoms with Gasteiger partial charge < -0.3 is 20.2 Å². The molecule has 1 amide bonds. The Hall–Kier alpha value is -2.37. The van der Waals surface area contributed by atoms with Crippen molar-refractivity contribution in [3.63, 3.8) is 0 Å². The number of furan rings is 1. The number of fused-ring (bicyclic) bond motifs is 3. The van der Waals surface area contributed by atoms with E-state index in [2.05, 4.69) is 5.32 Å². The number of rotatable bonds is 4. The van der Waals surface area contributed by atoms with Gasteiger partial charge in [-0.2, -0.15) is 0 Å². The van der Waals surface area contributed by atoms with Gasteiger partial charge in [0.1, 0.15) is 17.3 Å². The zero-order chi connectivity index (χ0) is 14.8. The summed E-state index contributed by atoms with van der Waals surface area (Å²) in [7, 11) is 1.46. The number of carbonyl (C=O) groups is 1. The Labute approximate surface area is 121 Å². The van der Waals surface area contributed by atoms with Crippen LogP contribution in [0.5, 0.6) is 0 Å². The van der Waals surface area contributed by atoms with Crippen LogP contribution in [-0.4, -0.2) is 25.7 Å². The van der Waals surface area contributed by atoms with Crippen LogP contribution >= 0.6 is 0 Å². The maximum absolute atomic E-state index is 12.0. The summed E-state index contributed by atoms with van der Waals surface area (Å²) in [6.07, 6.45) is -0.651. The van der Waals surface area contributed by atoms with E-state index in [1.165, 1.54) is 7.11 Å². The molecule has 1 atom stereocenters. The molecule has 5 heteroatoms. The first-order valence-corrected chi connectivity index (χ1v) is 6.68. The van der Waals surface area contributed by atoms with Gasteiger partial charge in [0.05, 0.1) is 0 Å². The first-order valence-electron chi connectivity index (χ1n) is 6.68. The molecule has 0 saturated heterocycles. The minimum Gasteiger partial charge on any atom is -0.456 e. The van der Waals surface area contributed by atoms with Crippen LogP contribution in [0.3, 0.4) is 0 Å². The van der Waals surface area contributed by atoms with Gasteiger partial charge >= 0.3 is 0 Å². The Kier molecular flexibility index (Phi) is 3.60. The van der Waals surface area contributed by atoms with Gasteiger partial charge in [-0.25, -0.2) is 0 Å². The van der Waals surface area contributed by atoms with Crippen LogP contribution in [0.2, 0.25) is 0 Å². The number of anilines is 1. The number of nitrogens with one attached hydrogen (secondary N) is 1. The van der Waals surface area contributed by atoms with Crippen LogP contribution in [-0.2, 0) is 9.53 Å². The number of amides is 1. The molecule has 0 bridgehead atoms. The predicted molar refractivity (Wildman–Crippen MR) is 82.2 cm³/mol. The van der Waals surface area contributed by atoms with Gasteiger partial charge in [0.25, 0.3) is 5.91 Å². The Balaban J connectivity index is 1.97. The van der Waals surface area contributed by atoms with E-state index < -0.39 is 6.10 Å². The summed E-state index contributed by atoms with van der Waals surface area (Å²) in [5.74, 6) is -0.257. The van der Waals surface area contributed by atoms with E-state index in [0.717, 1.165) is 21.9 Å². The molecule has 2 aromatic carbocycles. The molecule has 0 aliphatic rings. The first-order chi connectivity index (χ1) is 10.2. The topological polar surface area (TPSA) is 77.5 Å². The van der Waals surface area contributed by atoms with Crippen molar-refractivity contribution >= 4 is 33.5 Å². The number of carbonyl (C=O) groups excluding carboxylic acids is 1. The minimum absolute atomic E-state index is 0.138. The monoisotopic (exact) mass is 284 g/mol.